The van der Waals surface area contributed by atoms with Gasteiger partial charge in [0.1, 0.15) is 0 Å². The van der Waals surface area contributed by atoms with Crippen LogP contribution in [0.4, 0.5) is 0 Å². The standard InChI is InChI=1S/C12H16.C5H12/c1-4-10(2)8-9-11(3)12-6-5-7-12;1-3-5-4-2/h4,8-9,12H,1-3,5-7H2;3-5H2,1-2H3/b9-8-;. The van der Waals surface area contributed by atoms with Crippen molar-refractivity contribution in [2.75, 3.05) is 0 Å². The molecule has 0 saturated heterocycles. The molecule has 1 aliphatic rings. The summed E-state index contributed by atoms with van der Waals surface area (Å²) in [5, 5.41) is 0. The highest BCUT2D eigenvalue weighted by Crippen LogP contribution is 2.32. The lowest BCUT2D eigenvalue weighted by atomic mass is 9.80. The van der Waals surface area contributed by atoms with Crippen LogP contribution in [0, 0.1) is 5.92 Å². The summed E-state index contributed by atoms with van der Waals surface area (Å²) in [4.78, 5) is 0. The van der Waals surface area contributed by atoms with Crippen molar-refractivity contribution in [2.24, 2.45) is 5.92 Å². The zero-order valence-electron chi connectivity index (χ0n) is 11.7. The maximum atomic E-state index is 4.02. The molecule has 0 aromatic heterocycles. The van der Waals surface area contributed by atoms with E-state index in [0.29, 0.717) is 0 Å². The molecule has 0 heteroatoms. The van der Waals surface area contributed by atoms with Crippen molar-refractivity contribution in [1.82, 2.24) is 0 Å². The van der Waals surface area contributed by atoms with Crippen LogP contribution >= 0.6 is 0 Å². The number of rotatable bonds is 6. The predicted octanol–water partition coefficient (Wildman–Crippen LogP) is 5.84. The van der Waals surface area contributed by atoms with Crippen LogP contribution in [0.2, 0.25) is 0 Å². The lowest BCUT2D eigenvalue weighted by Gasteiger charge is -2.25. The maximum Gasteiger partial charge on any atom is -0.0168 e. The summed E-state index contributed by atoms with van der Waals surface area (Å²) >= 11 is 0. The summed E-state index contributed by atoms with van der Waals surface area (Å²) in [6.07, 6.45) is 13.9. The van der Waals surface area contributed by atoms with E-state index in [9.17, 15) is 0 Å². The van der Waals surface area contributed by atoms with Gasteiger partial charge in [0.15, 0.2) is 0 Å². The Bertz CT molecular complexity index is 262. The van der Waals surface area contributed by atoms with Gasteiger partial charge in [-0.3, -0.25) is 0 Å². The third-order valence-electron chi connectivity index (χ3n) is 3.11. The number of hydrogen-bond donors (Lipinski definition) is 0. The Kier molecular flexibility index (Phi) is 9.52. The Morgan fingerprint density at radius 3 is 2.00 bits per heavy atom. The fraction of sp³-hybridized carbons (Fsp3) is 0.529. The van der Waals surface area contributed by atoms with Gasteiger partial charge in [-0.05, 0) is 24.3 Å². The fourth-order valence-electron chi connectivity index (χ4n) is 1.55. The predicted molar refractivity (Wildman–Crippen MR) is 80.2 cm³/mol. The number of unbranched alkanes of at least 4 members (excludes halogenated alkanes) is 2. The highest BCUT2D eigenvalue weighted by Gasteiger charge is 2.18. The van der Waals surface area contributed by atoms with E-state index in [1.807, 2.05) is 6.08 Å². The molecular formula is C17H28. The first-order valence-electron chi connectivity index (χ1n) is 6.83. The van der Waals surface area contributed by atoms with Crippen LogP contribution in [0.3, 0.4) is 0 Å². The van der Waals surface area contributed by atoms with Crippen molar-refractivity contribution in [3.05, 3.63) is 49.1 Å². The van der Waals surface area contributed by atoms with Crippen LogP contribution < -0.4 is 0 Å². The molecule has 1 rings (SSSR count). The molecule has 0 aromatic carbocycles. The first-order chi connectivity index (χ1) is 8.15. The lowest BCUT2D eigenvalue weighted by Crippen LogP contribution is -2.11. The second-order valence-corrected chi connectivity index (χ2v) is 4.67. The molecule has 0 heterocycles. The second-order valence-electron chi connectivity index (χ2n) is 4.67. The van der Waals surface area contributed by atoms with E-state index in [1.54, 1.807) is 6.08 Å². The summed E-state index contributed by atoms with van der Waals surface area (Å²) in [5.41, 5.74) is 2.19. The van der Waals surface area contributed by atoms with E-state index in [4.69, 9.17) is 0 Å². The van der Waals surface area contributed by atoms with Crippen molar-refractivity contribution >= 4 is 0 Å². The average molecular weight is 232 g/mol. The van der Waals surface area contributed by atoms with Gasteiger partial charge in [0.2, 0.25) is 0 Å². The van der Waals surface area contributed by atoms with Crippen molar-refractivity contribution < 1.29 is 0 Å². The van der Waals surface area contributed by atoms with E-state index in [0.717, 1.165) is 11.5 Å². The molecule has 17 heavy (non-hydrogen) atoms. The van der Waals surface area contributed by atoms with Gasteiger partial charge in [0.25, 0.3) is 0 Å². The van der Waals surface area contributed by atoms with Crippen LogP contribution in [-0.2, 0) is 0 Å². The molecule has 96 valence electrons. The van der Waals surface area contributed by atoms with E-state index in [-0.39, 0.29) is 0 Å². The average Bonchev–Trinajstić information content (AvgIpc) is 2.25. The van der Waals surface area contributed by atoms with Gasteiger partial charge in [-0.25, -0.2) is 0 Å². The minimum absolute atomic E-state index is 0.735. The van der Waals surface area contributed by atoms with Crippen LogP contribution in [0.1, 0.15) is 52.4 Å². The van der Waals surface area contributed by atoms with Gasteiger partial charge in [0, 0.05) is 0 Å². The molecule has 0 N–H and O–H groups in total. The highest BCUT2D eigenvalue weighted by molar-refractivity contribution is 5.31. The minimum Gasteiger partial charge on any atom is -0.0985 e. The molecular weight excluding hydrogens is 204 g/mol. The number of hydrogen-bond acceptors (Lipinski definition) is 0. The number of allylic oxidation sites excluding steroid dienone is 5. The van der Waals surface area contributed by atoms with Gasteiger partial charge in [-0.2, -0.15) is 0 Å². The molecule has 0 spiro atoms. The molecule has 0 radical (unpaired) electrons. The second kappa shape index (κ2) is 10.1. The molecule has 0 aromatic rings. The van der Waals surface area contributed by atoms with Gasteiger partial charge in [-0.1, -0.05) is 83.1 Å². The molecule has 0 unspecified atom stereocenters. The molecule has 0 bridgehead atoms. The molecule has 1 saturated carbocycles. The van der Waals surface area contributed by atoms with Gasteiger partial charge < -0.3 is 0 Å². The SMILES string of the molecule is C=CC(=C)/C=C\C(=C)C1CCC1.CCCCC. The van der Waals surface area contributed by atoms with Crippen LogP contribution in [0.25, 0.3) is 0 Å². The first kappa shape index (κ1) is 16.0. The maximum absolute atomic E-state index is 4.02. The van der Waals surface area contributed by atoms with E-state index < -0.39 is 0 Å². The monoisotopic (exact) mass is 232 g/mol. The van der Waals surface area contributed by atoms with Crippen molar-refractivity contribution in [3.8, 4) is 0 Å². The summed E-state index contributed by atoms with van der Waals surface area (Å²) in [5.74, 6) is 0.735. The van der Waals surface area contributed by atoms with E-state index in [2.05, 4.69) is 39.7 Å². The Labute approximate surface area is 108 Å². The smallest absolute Gasteiger partial charge is 0.0168 e. The Balaban J connectivity index is 0.000000437. The Morgan fingerprint density at radius 1 is 1.12 bits per heavy atom. The largest absolute Gasteiger partial charge is 0.0985 e. The normalized spacial score (nSPS) is 14.7. The lowest BCUT2D eigenvalue weighted by molar-refractivity contribution is 0.375. The topological polar surface area (TPSA) is 0 Å². The fourth-order valence-corrected chi connectivity index (χ4v) is 1.55. The van der Waals surface area contributed by atoms with Crippen molar-refractivity contribution in [3.63, 3.8) is 0 Å². The van der Waals surface area contributed by atoms with E-state index >= 15 is 0 Å². The highest BCUT2D eigenvalue weighted by atomic mass is 14.2. The third-order valence-corrected chi connectivity index (χ3v) is 3.11. The van der Waals surface area contributed by atoms with Crippen molar-refractivity contribution in [1.29, 1.82) is 0 Å². The van der Waals surface area contributed by atoms with Crippen LogP contribution in [0.5, 0.6) is 0 Å². The summed E-state index contributed by atoms with van der Waals surface area (Å²) in [7, 11) is 0. The molecule has 0 nitrogen and oxygen atoms in total. The molecule has 0 atom stereocenters. The van der Waals surface area contributed by atoms with Gasteiger partial charge in [-0.15, -0.1) is 0 Å². The summed E-state index contributed by atoms with van der Waals surface area (Å²) in [6, 6.07) is 0. The zero-order chi connectivity index (χ0) is 13.1. The Hall–Kier alpha value is -1.04. The van der Waals surface area contributed by atoms with E-state index in [1.165, 1.54) is 44.1 Å². The summed E-state index contributed by atoms with van der Waals surface area (Å²) < 4.78 is 0. The quantitative estimate of drug-likeness (QED) is 0.505. The van der Waals surface area contributed by atoms with Crippen molar-refractivity contribution in [2.45, 2.75) is 52.4 Å². The van der Waals surface area contributed by atoms with Crippen LogP contribution in [-0.4, -0.2) is 0 Å². The third kappa shape index (κ3) is 7.79. The molecule has 1 aliphatic carbocycles. The van der Waals surface area contributed by atoms with Gasteiger partial charge >= 0.3 is 0 Å². The van der Waals surface area contributed by atoms with Crippen LogP contribution in [0.15, 0.2) is 49.1 Å². The Morgan fingerprint density at radius 2 is 1.71 bits per heavy atom. The molecule has 0 aliphatic heterocycles. The van der Waals surface area contributed by atoms with Gasteiger partial charge in [0.05, 0.1) is 0 Å². The molecule has 0 amide bonds. The minimum atomic E-state index is 0.735. The zero-order valence-corrected chi connectivity index (χ0v) is 11.7. The first-order valence-corrected chi connectivity index (χ1v) is 6.83. The molecule has 1 fully saturated rings. The summed E-state index contributed by atoms with van der Waals surface area (Å²) in [6.45, 7) is 15.9.